The minimum atomic E-state index is -5.76. The normalized spacial score (nSPS) is 21.2. The number of alkyl halides is 2. The molecule has 16 heteroatoms. The number of amides is 3. The first-order chi connectivity index (χ1) is 20.9. The molecule has 3 aromatic heterocycles. The predicted octanol–water partition coefficient (Wildman–Crippen LogP) is 3.75. The van der Waals surface area contributed by atoms with Crippen LogP contribution in [0.4, 0.5) is 8.78 Å². The Morgan fingerprint density at radius 2 is 1.93 bits per heavy atom. The van der Waals surface area contributed by atoms with Crippen LogP contribution in [0.1, 0.15) is 59.5 Å². The van der Waals surface area contributed by atoms with Crippen LogP contribution in [-0.2, 0) is 26.4 Å². The fourth-order valence-electron chi connectivity index (χ4n) is 5.99. The fourth-order valence-corrected chi connectivity index (χ4v) is 7.41. The highest BCUT2D eigenvalue weighted by atomic mass is 32.1. The molecule has 0 radical (unpaired) electrons. The van der Waals surface area contributed by atoms with Gasteiger partial charge in [-0.1, -0.05) is 18.9 Å². The van der Waals surface area contributed by atoms with Crippen molar-refractivity contribution in [3.63, 3.8) is 0 Å². The summed E-state index contributed by atoms with van der Waals surface area (Å²) in [4.78, 5) is 64.6. The van der Waals surface area contributed by atoms with Gasteiger partial charge in [-0.25, -0.2) is 4.98 Å². The molecule has 0 saturated carbocycles. The number of benzene rings is 1. The maximum atomic E-state index is 14.2. The number of nitrogens with zero attached hydrogens (tertiary/aromatic N) is 3. The van der Waals surface area contributed by atoms with Gasteiger partial charge in [-0.15, -0.1) is 11.3 Å². The quantitative estimate of drug-likeness (QED) is 0.189. The lowest BCUT2D eigenvalue weighted by Crippen LogP contribution is -2.56. The van der Waals surface area contributed by atoms with Crippen molar-refractivity contribution in [2.24, 2.45) is 0 Å². The zero-order valence-electron chi connectivity index (χ0n) is 23.2. The molecule has 2 saturated heterocycles. The van der Waals surface area contributed by atoms with E-state index < -0.39 is 36.8 Å². The van der Waals surface area contributed by atoms with Crippen LogP contribution in [0.5, 0.6) is 0 Å². The van der Waals surface area contributed by atoms with Gasteiger partial charge < -0.3 is 25.3 Å². The number of aromatic nitrogens is 3. The summed E-state index contributed by atoms with van der Waals surface area (Å²) in [6, 6.07) is 6.40. The van der Waals surface area contributed by atoms with Crippen molar-refractivity contribution in [3.8, 4) is 0 Å². The molecule has 1 aromatic carbocycles. The number of carbonyl (C=O) groups is 3. The zero-order valence-corrected chi connectivity index (χ0v) is 24.9. The first kappa shape index (κ1) is 30.3. The monoisotopic (exact) mass is 646 g/mol. The van der Waals surface area contributed by atoms with Crippen molar-refractivity contribution < 1.29 is 37.5 Å². The summed E-state index contributed by atoms with van der Waals surface area (Å²) in [6.45, 7) is 0.179. The second-order valence-corrected chi connectivity index (χ2v) is 13.8. The number of aromatic amines is 1. The fraction of sp³-hybridized carbons (Fsp3) is 0.393. The Hall–Kier alpha value is -3.78. The summed E-state index contributed by atoms with van der Waals surface area (Å²) in [7, 11) is -5.76. The molecule has 5 heterocycles. The molecule has 0 aliphatic carbocycles. The molecule has 5 N–H and O–H groups in total. The minimum absolute atomic E-state index is 0.131. The number of rotatable bonds is 7. The average Bonchev–Trinajstić information content (AvgIpc) is 3.72. The van der Waals surface area contributed by atoms with Crippen molar-refractivity contribution in [2.75, 3.05) is 0 Å². The lowest BCUT2D eigenvalue weighted by molar-refractivity contribution is -0.142. The van der Waals surface area contributed by atoms with E-state index in [0.29, 0.717) is 41.7 Å². The number of pyridine rings is 1. The van der Waals surface area contributed by atoms with Crippen LogP contribution in [0, 0.1) is 0 Å². The van der Waals surface area contributed by atoms with E-state index >= 15 is 0 Å². The van der Waals surface area contributed by atoms with Gasteiger partial charge in [0.2, 0.25) is 11.8 Å². The van der Waals surface area contributed by atoms with E-state index in [4.69, 9.17) is 9.79 Å². The molecule has 44 heavy (non-hydrogen) atoms. The maximum absolute atomic E-state index is 14.2. The summed E-state index contributed by atoms with van der Waals surface area (Å²) in [5.41, 5.74) is -4.01. The number of hydrogen-bond donors (Lipinski definition) is 5. The number of hydrogen-bond acceptors (Lipinski definition) is 7. The molecular formula is C28H29F2N6O6PS. The molecule has 2 fully saturated rings. The van der Waals surface area contributed by atoms with Gasteiger partial charge in [-0.3, -0.25) is 24.0 Å². The van der Waals surface area contributed by atoms with Crippen molar-refractivity contribution in [2.45, 2.75) is 68.9 Å². The first-order valence-corrected chi connectivity index (χ1v) is 16.5. The molecule has 12 nitrogen and oxygen atoms in total. The summed E-state index contributed by atoms with van der Waals surface area (Å²) in [5.74, 6) is -1.22. The molecule has 2 aliphatic rings. The Morgan fingerprint density at radius 1 is 1.14 bits per heavy atom. The third kappa shape index (κ3) is 5.60. The van der Waals surface area contributed by atoms with Crippen LogP contribution < -0.4 is 10.6 Å². The highest BCUT2D eigenvalue weighted by Crippen LogP contribution is 2.59. The Morgan fingerprint density at radius 3 is 2.73 bits per heavy atom. The standard InChI is InChI=1S/C28H29F2N6O6PS/c29-28(30,43(40,41)42)16-7-10-22-15(12-16)13-23(44-22)26(38)33-19-6-2-1-4-17-8-9-21(36(17)27(19)39)25(37)32-14-20-18-5-3-11-31-24(18)35-34-20/h3,5,7,10-13,17,19,21H,1-2,4,6,8-9,14H2,(H,32,37)(H,33,38)(H,31,34,35)(H2,40,41,42)/t17-,19-,21-/m0/s1. The van der Waals surface area contributed by atoms with E-state index in [2.05, 4.69) is 25.8 Å². The highest BCUT2D eigenvalue weighted by molar-refractivity contribution is 7.52. The van der Waals surface area contributed by atoms with E-state index in [1.165, 1.54) is 12.1 Å². The van der Waals surface area contributed by atoms with Gasteiger partial charge in [0.25, 0.3) is 5.91 Å². The van der Waals surface area contributed by atoms with Crippen LogP contribution in [0.3, 0.4) is 0 Å². The second-order valence-electron chi connectivity index (χ2n) is 11.0. The number of carbonyl (C=O) groups excluding carboxylic acids is 3. The summed E-state index contributed by atoms with van der Waals surface area (Å²) in [6.07, 6.45) is 5.43. The third-order valence-corrected chi connectivity index (χ3v) is 10.3. The molecule has 3 atom stereocenters. The molecular weight excluding hydrogens is 617 g/mol. The first-order valence-electron chi connectivity index (χ1n) is 14.1. The summed E-state index contributed by atoms with van der Waals surface area (Å²) < 4.78 is 40.2. The van der Waals surface area contributed by atoms with Gasteiger partial charge in [-0.2, -0.15) is 13.9 Å². The topological polar surface area (TPSA) is 178 Å². The highest BCUT2D eigenvalue weighted by Gasteiger charge is 2.50. The molecule has 3 amide bonds. The van der Waals surface area contributed by atoms with Gasteiger partial charge >= 0.3 is 13.3 Å². The molecule has 2 aliphatic heterocycles. The van der Waals surface area contributed by atoms with E-state index in [9.17, 15) is 27.7 Å². The van der Waals surface area contributed by atoms with Crippen molar-refractivity contribution in [1.82, 2.24) is 30.7 Å². The van der Waals surface area contributed by atoms with E-state index in [1.54, 1.807) is 17.2 Å². The number of nitrogens with one attached hydrogen (secondary N) is 3. The Bertz CT molecular complexity index is 1810. The van der Waals surface area contributed by atoms with Gasteiger partial charge in [0.1, 0.15) is 12.1 Å². The van der Waals surface area contributed by atoms with E-state index in [1.807, 2.05) is 6.07 Å². The molecule has 0 bridgehead atoms. The van der Waals surface area contributed by atoms with Crippen LogP contribution in [0.2, 0.25) is 0 Å². The van der Waals surface area contributed by atoms with Crippen molar-refractivity contribution in [1.29, 1.82) is 0 Å². The molecule has 232 valence electrons. The lowest BCUT2D eigenvalue weighted by Gasteiger charge is -2.35. The van der Waals surface area contributed by atoms with Crippen LogP contribution in [0.15, 0.2) is 42.6 Å². The zero-order chi connectivity index (χ0) is 31.2. The van der Waals surface area contributed by atoms with E-state index in [-0.39, 0.29) is 34.7 Å². The number of thiophene rings is 1. The van der Waals surface area contributed by atoms with Gasteiger partial charge in [-0.05, 0) is 61.4 Å². The smallest absolute Gasteiger partial charge is 0.349 e. The Labute approximate surface area is 253 Å². The van der Waals surface area contributed by atoms with Crippen LogP contribution >= 0.6 is 18.9 Å². The number of H-pyrrole nitrogens is 1. The minimum Gasteiger partial charge on any atom is -0.349 e. The maximum Gasteiger partial charge on any atom is 0.399 e. The van der Waals surface area contributed by atoms with E-state index in [0.717, 1.165) is 41.7 Å². The second kappa shape index (κ2) is 11.6. The Kier molecular flexibility index (Phi) is 7.99. The SMILES string of the molecule is O=C(N[C@H]1CCCC[C@H]2CC[C@@H](C(=O)NCc3[nH]nc4ncccc34)N2C1=O)c1cc2cc(C(F)(F)P(=O)(O)O)ccc2s1. The lowest BCUT2D eigenvalue weighted by atomic mass is 9.99. The molecule has 0 unspecified atom stereocenters. The molecule has 4 aromatic rings. The summed E-state index contributed by atoms with van der Waals surface area (Å²) in [5, 5.41) is 13.7. The summed E-state index contributed by atoms with van der Waals surface area (Å²) >= 11 is 1.01. The predicted molar refractivity (Wildman–Crippen MR) is 157 cm³/mol. The molecule has 0 spiro atoms. The van der Waals surface area contributed by atoms with Crippen molar-refractivity contribution >= 4 is 57.8 Å². The van der Waals surface area contributed by atoms with Gasteiger partial charge in [0.05, 0.1) is 17.1 Å². The number of fused-ring (bicyclic) bond motifs is 3. The van der Waals surface area contributed by atoms with Crippen LogP contribution in [0.25, 0.3) is 21.1 Å². The van der Waals surface area contributed by atoms with Gasteiger partial charge in [0.15, 0.2) is 5.65 Å². The van der Waals surface area contributed by atoms with Gasteiger partial charge in [0, 0.05) is 27.9 Å². The largest absolute Gasteiger partial charge is 0.399 e. The average molecular weight is 647 g/mol. The Balaban J connectivity index is 1.17. The number of halogens is 2. The van der Waals surface area contributed by atoms with Crippen molar-refractivity contribution in [3.05, 3.63) is 58.7 Å². The third-order valence-electron chi connectivity index (χ3n) is 8.24. The van der Waals surface area contributed by atoms with Crippen LogP contribution in [-0.4, -0.2) is 65.7 Å². The molecule has 6 rings (SSSR count).